The lowest BCUT2D eigenvalue weighted by Gasteiger charge is -2.26. The summed E-state index contributed by atoms with van der Waals surface area (Å²) in [5.41, 5.74) is 0.437. The van der Waals surface area contributed by atoms with Crippen LogP contribution in [0.4, 0.5) is 4.79 Å². The first-order chi connectivity index (χ1) is 15.5. The first kappa shape index (κ1) is 26.6. The van der Waals surface area contributed by atoms with Gasteiger partial charge < -0.3 is 25.5 Å². The molecule has 0 saturated carbocycles. The molecule has 3 N–H and O–H groups in total. The molecule has 0 aromatic heterocycles. The molecular weight excluding hydrogens is 446 g/mol. The molecule has 9 heteroatoms. The first-order valence-corrected chi connectivity index (χ1v) is 11.6. The average Bonchev–Trinajstić information content (AvgIpc) is 3.15. The van der Waals surface area contributed by atoms with Gasteiger partial charge in [0, 0.05) is 22.9 Å². The molecule has 0 aliphatic carbocycles. The molecule has 0 bridgehead atoms. The number of alkyl carbamates (subject to hydrolysis) is 1. The van der Waals surface area contributed by atoms with Crippen molar-refractivity contribution in [1.29, 1.82) is 0 Å². The number of benzene rings is 1. The van der Waals surface area contributed by atoms with Gasteiger partial charge in [-0.3, -0.25) is 9.59 Å². The lowest BCUT2D eigenvalue weighted by molar-refractivity contribution is -0.127. The van der Waals surface area contributed by atoms with Crippen LogP contribution in [-0.4, -0.2) is 49.4 Å². The van der Waals surface area contributed by atoms with E-state index in [-0.39, 0.29) is 30.8 Å². The van der Waals surface area contributed by atoms with Crippen molar-refractivity contribution in [3.63, 3.8) is 0 Å². The maximum Gasteiger partial charge on any atom is 0.407 e. The minimum Gasteiger partial charge on any atom is -0.449 e. The van der Waals surface area contributed by atoms with Gasteiger partial charge in [0.2, 0.25) is 11.8 Å². The highest BCUT2D eigenvalue weighted by molar-refractivity contribution is 6.30. The summed E-state index contributed by atoms with van der Waals surface area (Å²) in [4.78, 5) is 48.6. The number of carbonyl (C=O) groups excluding carboxylic acids is 4. The normalized spacial score (nSPS) is 17.8. The number of aldehydes is 1. The van der Waals surface area contributed by atoms with Gasteiger partial charge in [-0.1, -0.05) is 51.4 Å². The van der Waals surface area contributed by atoms with E-state index >= 15 is 0 Å². The SMILES string of the molecule is CC(C)C[C@H](NC(=O)OCC(C)(C)c1cccc(Cl)c1)C(=O)N[C@H](C=O)C[C@@H]1CCNC1=O. The van der Waals surface area contributed by atoms with Crippen molar-refractivity contribution in [1.82, 2.24) is 16.0 Å². The van der Waals surface area contributed by atoms with Crippen molar-refractivity contribution in [2.24, 2.45) is 11.8 Å². The average molecular weight is 480 g/mol. The van der Waals surface area contributed by atoms with E-state index in [1.807, 2.05) is 45.9 Å². The van der Waals surface area contributed by atoms with Crippen LogP contribution in [0, 0.1) is 11.8 Å². The standard InChI is InChI=1S/C24H34ClN3O5/c1-15(2)10-20(22(31)27-19(13-29)11-16-8-9-26-21(16)30)28-23(32)33-14-24(3,4)17-6-5-7-18(25)12-17/h5-7,12-13,15-16,19-20H,8-11,14H2,1-4H3,(H,26,30)(H,27,31)(H,28,32)/t16-,19-,20-/m0/s1. The number of ether oxygens (including phenoxy) is 1. The molecule has 1 aliphatic rings. The van der Waals surface area contributed by atoms with Gasteiger partial charge in [-0.15, -0.1) is 0 Å². The van der Waals surface area contributed by atoms with Gasteiger partial charge in [-0.2, -0.15) is 0 Å². The molecule has 1 aromatic carbocycles. The molecular formula is C24H34ClN3O5. The highest BCUT2D eigenvalue weighted by Gasteiger charge is 2.30. The van der Waals surface area contributed by atoms with E-state index in [0.29, 0.717) is 30.7 Å². The van der Waals surface area contributed by atoms with Crippen LogP contribution in [0.2, 0.25) is 5.02 Å². The number of hydrogen-bond donors (Lipinski definition) is 3. The van der Waals surface area contributed by atoms with E-state index in [1.54, 1.807) is 6.07 Å². The summed E-state index contributed by atoms with van der Waals surface area (Å²) in [6, 6.07) is 5.66. The zero-order valence-corrected chi connectivity index (χ0v) is 20.4. The van der Waals surface area contributed by atoms with Crippen molar-refractivity contribution >= 4 is 35.8 Å². The predicted octanol–water partition coefficient (Wildman–Crippen LogP) is 2.97. The van der Waals surface area contributed by atoms with Crippen LogP contribution in [0.15, 0.2) is 24.3 Å². The topological polar surface area (TPSA) is 114 Å². The highest BCUT2D eigenvalue weighted by atomic mass is 35.5. The van der Waals surface area contributed by atoms with Crippen LogP contribution in [0.3, 0.4) is 0 Å². The van der Waals surface area contributed by atoms with E-state index < -0.39 is 29.5 Å². The summed E-state index contributed by atoms with van der Waals surface area (Å²) in [6.07, 6.45) is 1.13. The summed E-state index contributed by atoms with van der Waals surface area (Å²) in [5.74, 6) is -0.793. The number of rotatable bonds is 11. The molecule has 0 unspecified atom stereocenters. The number of amides is 3. The van der Waals surface area contributed by atoms with Crippen LogP contribution in [0.1, 0.15) is 52.5 Å². The summed E-state index contributed by atoms with van der Waals surface area (Å²) in [7, 11) is 0. The molecule has 2 rings (SSSR count). The summed E-state index contributed by atoms with van der Waals surface area (Å²) in [5, 5.41) is 8.59. The molecule has 8 nitrogen and oxygen atoms in total. The lowest BCUT2D eigenvalue weighted by Crippen LogP contribution is -2.51. The number of carbonyl (C=O) groups is 4. The Kier molecular flexibility index (Phi) is 9.70. The van der Waals surface area contributed by atoms with Gasteiger partial charge in [0.25, 0.3) is 0 Å². The van der Waals surface area contributed by atoms with Crippen LogP contribution >= 0.6 is 11.6 Å². The van der Waals surface area contributed by atoms with Gasteiger partial charge in [0.15, 0.2) is 0 Å². The van der Waals surface area contributed by atoms with Crippen LogP contribution in [-0.2, 0) is 24.5 Å². The van der Waals surface area contributed by atoms with E-state index in [0.717, 1.165) is 5.56 Å². The minimum absolute atomic E-state index is 0.0863. The van der Waals surface area contributed by atoms with Crippen LogP contribution in [0.25, 0.3) is 0 Å². The van der Waals surface area contributed by atoms with Gasteiger partial charge in [-0.05, 0) is 42.9 Å². The van der Waals surface area contributed by atoms with Gasteiger partial charge in [-0.25, -0.2) is 4.79 Å². The second kappa shape index (κ2) is 12.0. The van der Waals surface area contributed by atoms with E-state index in [4.69, 9.17) is 16.3 Å². The van der Waals surface area contributed by atoms with Crippen molar-refractivity contribution < 1.29 is 23.9 Å². The summed E-state index contributed by atoms with van der Waals surface area (Å²) < 4.78 is 5.42. The van der Waals surface area contributed by atoms with Crippen molar-refractivity contribution in [2.75, 3.05) is 13.2 Å². The molecule has 1 aromatic rings. The molecule has 1 heterocycles. The maximum atomic E-state index is 12.8. The quantitative estimate of drug-likeness (QED) is 0.422. The number of hydrogen-bond acceptors (Lipinski definition) is 5. The summed E-state index contributed by atoms with van der Waals surface area (Å²) >= 11 is 6.07. The van der Waals surface area contributed by atoms with Gasteiger partial charge in [0.05, 0.1) is 6.04 Å². The smallest absolute Gasteiger partial charge is 0.407 e. The van der Waals surface area contributed by atoms with E-state index in [9.17, 15) is 19.2 Å². The predicted molar refractivity (Wildman–Crippen MR) is 126 cm³/mol. The molecule has 3 amide bonds. The van der Waals surface area contributed by atoms with E-state index in [1.165, 1.54) is 0 Å². The molecule has 1 aliphatic heterocycles. The fourth-order valence-corrected chi connectivity index (χ4v) is 3.92. The molecule has 1 fully saturated rings. The fraction of sp³-hybridized carbons (Fsp3) is 0.583. The van der Waals surface area contributed by atoms with Gasteiger partial charge in [0.1, 0.15) is 18.9 Å². The lowest BCUT2D eigenvalue weighted by atomic mass is 9.86. The zero-order valence-electron chi connectivity index (χ0n) is 19.7. The van der Waals surface area contributed by atoms with E-state index in [2.05, 4.69) is 16.0 Å². The first-order valence-electron chi connectivity index (χ1n) is 11.2. The minimum atomic E-state index is -0.869. The Hall–Kier alpha value is -2.61. The summed E-state index contributed by atoms with van der Waals surface area (Å²) in [6.45, 7) is 8.36. The second-order valence-corrected chi connectivity index (χ2v) is 10.00. The molecule has 0 spiro atoms. The third kappa shape index (κ3) is 8.35. The maximum absolute atomic E-state index is 12.8. The molecule has 33 heavy (non-hydrogen) atoms. The molecule has 1 saturated heterocycles. The molecule has 182 valence electrons. The second-order valence-electron chi connectivity index (χ2n) is 9.56. The van der Waals surface area contributed by atoms with Crippen molar-refractivity contribution in [3.05, 3.63) is 34.9 Å². The monoisotopic (exact) mass is 479 g/mol. The number of halogens is 1. The Morgan fingerprint density at radius 1 is 1.30 bits per heavy atom. The molecule has 0 radical (unpaired) electrons. The fourth-order valence-electron chi connectivity index (χ4n) is 3.73. The third-order valence-corrected chi connectivity index (χ3v) is 5.91. The van der Waals surface area contributed by atoms with Crippen molar-refractivity contribution in [3.8, 4) is 0 Å². The Morgan fingerprint density at radius 3 is 2.61 bits per heavy atom. The Balaban J connectivity index is 1.96. The Bertz CT molecular complexity index is 858. The van der Waals surface area contributed by atoms with Crippen LogP contribution < -0.4 is 16.0 Å². The Morgan fingerprint density at radius 2 is 2.03 bits per heavy atom. The highest BCUT2D eigenvalue weighted by Crippen LogP contribution is 2.26. The largest absolute Gasteiger partial charge is 0.449 e. The Labute approximate surface area is 200 Å². The number of nitrogens with one attached hydrogen (secondary N) is 3. The van der Waals surface area contributed by atoms with Gasteiger partial charge >= 0.3 is 6.09 Å². The van der Waals surface area contributed by atoms with Crippen molar-refractivity contribution in [2.45, 2.75) is 64.5 Å². The molecule has 3 atom stereocenters. The zero-order chi connectivity index (χ0) is 24.6. The third-order valence-electron chi connectivity index (χ3n) is 5.68. The van der Waals surface area contributed by atoms with Crippen LogP contribution in [0.5, 0.6) is 0 Å².